The molecule has 0 unspecified atom stereocenters. The van der Waals surface area contributed by atoms with Gasteiger partial charge in [-0.1, -0.05) is 31.3 Å². The van der Waals surface area contributed by atoms with E-state index >= 15 is 0 Å². The zero-order valence-electron chi connectivity index (χ0n) is 19.0. The molecule has 1 N–H and O–H groups in total. The first-order valence-corrected chi connectivity index (χ1v) is 11.0. The Bertz CT molecular complexity index is 745. The fourth-order valence-corrected chi connectivity index (χ4v) is 3.33. The van der Waals surface area contributed by atoms with Gasteiger partial charge in [-0.3, -0.25) is 0 Å². The van der Waals surface area contributed by atoms with Gasteiger partial charge in [0, 0.05) is 17.3 Å². The highest BCUT2D eigenvalue weighted by Gasteiger charge is 2.10. The van der Waals surface area contributed by atoms with Crippen molar-refractivity contribution in [3.8, 4) is 0 Å². The van der Waals surface area contributed by atoms with Gasteiger partial charge in [-0.25, -0.2) is 9.13 Å². The van der Waals surface area contributed by atoms with Crippen LogP contribution in [0.15, 0.2) is 40.8 Å². The predicted octanol–water partition coefficient (Wildman–Crippen LogP) is 5.28. The van der Waals surface area contributed by atoms with Crippen LogP contribution < -0.4 is 9.88 Å². The zero-order chi connectivity index (χ0) is 21.1. The van der Waals surface area contributed by atoms with E-state index in [2.05, 4.69) is 53.5 Å². The Kier molecular flexibility index (Phi) is 9.84. The minimum absolute atomic E-state index is 0.822. The summed E-state index contributed by atoms with van der Waals surface area (Å²) in [7, 11) is 6.18. The second-order valence-corrected chi connectivity index (χ2v) is 8.02. The molecule has 1 aromatic carbocycles. The molecule has 2 aromatic rings. The van der Waals surface area contributed by atoms with E-state index in [4.69, 9.17) is 0 Å². The molecule has 0 radical (unpaired) electrons. The van der Waals surface area contributed by atoms with Crippen LogP contribution >= 0.6 is 0 Å². The van der Waals surface area contributed by atoms with Crippen molar-refractivity contribution >= 4 is 17.3 Å². The standard InChI is InChI=1S/C23H38N6/c1-6-7-15-27(3)16-11-9-8-10-14-24-21-12-13-22(20(2)19-21)25-26-23-28(4)17-18-29(23)5/h12-13,17-19H,6-11,14-16H2,1-5H3/p+1. The molecule has 2 rings (SSSR count). The third kappa shape index (κ3) is 7.97. The molecule has 29 heavy (non-hydrogen) atoms. The Hall–Kier alpha value is -2.21. The van der Waals surface area contributed by atoms with Crippen LogP contribution in [-0.2, 0) is 14.1 Å². The molecule has 6 nitrogen and oxygen atoms in total. The van der Waals surface area contributed by atoms with Crippen LogP contribution in [-0.4, -0.2) is 36.1 Å². The lowest BCUT2D eigenvalue weighted by molar-refractivity contribution is -0.657. The van der Waals surface area contributed by atoms with Gasteiger partial charge in [-0.2, -0.15) is 0 Å². The topological polar surface area (TPSA) is 48.8 Å². The van der Waals surface area contributed by atoms with E-state index in [1.54, 1.807) is 0 Å². The fourth-order valence-electron chi connectivity index (χ4n) is 3.33. The Balaban J connectivity index is 1.69. The van der Waals surface area contributed by atoms with Gasteiger partial charge in [0.2, 0.25) is 0 Å². The minimum Gasteiger partial charge on any atom is -0.385 e. The summed E-state index contributed by atoms with van der Waals surface area (Å²) in [5.41, 5.74) is 3.19. The van der Waals surface area contributed by atoms with E-state index in [1.165, 1.54) is 51.6 Å². The lowest BCUT2D eigenvalue weighted by atomic mass is 10.1. The summed E-state index contributed by atoms with van der Waals surface area (Å²) < 4.78 is 3.91. The second kappa shape index (κ2) is 12.4. The number of hydrogen-bond donors (Lipinski definition) is 1. The number of hydrogen-bond acceptors (Lipinski definition) is 4. The zero-order valence-corrected chi connectivity index (χ0v) is 19.0. The van der Waals surface area contributed by atoms with E-state index in [1.807, 2.05) is 41.7 Å². The number of aryl methyl sites for hydroxylation is 3. The van der Waals surface area contributed by atoms with Gasteiger partial charge in [0.05, 0.1) is 26.5 Å². The average molecular weight is 400 g/mol. The van der Waals surface area contributed by atoms with Crippen molar-refractivity contribution in [3.63, 3.8) is 0 Å². The fraction of sp³-hybridized carbons (Fsp3) is 0.609. The molecule has 0 saturated carbocycles. The van der Waals surface area contributed by atoms with Crippen LogP contribution in [0.3, 0.4) is 0 Å². The molecule has 0 spiro atoms. The maximum Gasteiger partial charge on any atom is 0.421 e. The summed E-state index contributed by atoms with van der Waals surface area (Å²) >= 11 is 0. The summed E-state index contributed by atoms with van der Waals surface area (Å²) in [4.78, 5) is 2.46. The molecular formula is C23H39N6+. The van der Waals surface area contributed by atoms with Crippen LogP contribution in [0.1, 0.15) is 51.0 Å². The average Bonchev–Trinajstić information content (AvgIpc) is 3.02. The van der Waals surface area contributed by atoms with Crippen LogP contribution in [0.5, 0.6) is 0 Å². The predicted molar refractivity (Wildman–Crippen MR) is 121 cm³/mol. The second-order valence-electron chi connectivity index (χ2n) is 8.02. The highest BCUT2D eigenvalue weighted by Crippen LogP contribution is 2.24. The summed E-state index contributed by atoms with van der Waals surface area (Å²) in [6.07, 6.45) is 11.6. The van der Waals surface area contributed by atoms with E-state index < -0.39 is 0 Å². The molecule has 1 heterocycles. The van der Waals surface area contributed by atoms with Gasteiger partial charge in [-0.05, 0) is 70.1 Å². The van der Waals surface area contributed by atoms with Crippen molar-refractivity contribution < 1.29 is 4.57 Å². The van der Waals surface area contributed by atoms with Crippen molar-refractivity contribution in [2.75, 3.05) is 32.0 Å². The van der Waals surface area contributed by atoms with E-state index in [0.717, 1.165) is 29.4 Å². The van der Waals surface area contributed by atoms with Gasteiger partial charge >= 0.3 is 5.95 Å². The highest BCUT2D eigenvalue weighted by atomic mass is 15.3. The van der Waals surface area contributed by atoms with Crippen molar-refractivity contribution in [3.05, 3.63) is 36.2 Å². The van der Waals surface area contributed by atoms with Gasteiger partial charge < -0.3 is 10.2 Å². The quantitative estimate of drug-likeness (QED) is 0.283. The number of nitrogens with zero attached hydrogens (tertiary/aromatic N) is 5. The Morgan fingerprint density at radius 1 is 1.07 bits per heavy atom. The van der Waals surface area contributed by atoms with Crippen molar-refractivity contribution in [1.29, 1.82) is 0 Å². The molecule has 0 saturated heterocycles. The molecule has 0 bridgehead atoms. The summed E-state index contributed by atoms with van der Waals surface area (Å²) in [6, 6.07) is 6.29. The third-order valence-corrected chi connectivity index (χ3v) is 5.28. The molecule has 160 valence electrons. The molecule has 0 aliphatic carbocycles. The Morgan fingerprint density at radius 2 is 1.83 bits per heavy atom. The van der Waals surface area contributed by atoms with Crippen LogP contribution in [0.4, 0.5) is 17.3 Å². The van der Waals surface area contributed by atoms with E-state index in [9.17, 15) is 0 Å². The summed E-state index contributed by atoms with van der Waals surface area (Å²) in [5.74, 6) is 0.822. The molecule has 1 aromatic heterocycles. The maximum atomic E-state index is 4.43. The van der Waals surface area contributed by atoms with Crippen molar-refractivity contribution in [2.24, 2.45) is 24.3 Å². The number of nitrogens with one attached hydrogen (secondary N) is 1. The molecule has 0 atom stereocenters. The van der Waals surface area contributed by atoms with Gasteiger partial charge in [0.25, 0.3) is 0 Å². The smallest absolute Gasteiger partial charge is 0.385 e. The third-order valence-electron chi connectivity index (χ3n) is 5.28. The molecular weight excluding hydrogens is 360 g/mol. The maximum absolute atomic E-state index is 4.43. The molecule has 0 fully saturated rings. The lowest BCUT2D eigenvalue weighted by Gasteiger charge is -2.15. The summed E-state index contributed by atoms with van der Waals surface area (Å²) in [6.45, 7) is 7.81. The summed E-state index contributed by atoms with van der Waals surface area (Å²) in [5, 5.41) is 12.3. The number of azo groups is 1. The minimum atomic E-state index is 0.822. The van der Waals surface area contributed by atoms with Crippen LogP contribution in [0.25, 0.3) is 0 Å². The van der Waals surface area contributed by atoms with Gasteiger partial charge in [-0.15, -0.1) is 0 Å². The van der Waals surface area contributed by atoms with Crippen molar-refractivity contribution in [1.82, 2.24) is 9.47 Å². The normalized spacial score (nSPS) is 11.7. The number of anilines is 1. The first kappa shape index (κ1) is 23.1. The molecule has 0 aliphatic heterocycles. The first-order chi connectivity index (χ1) is 14.0. The van der Waals surface area contributed by atoms with Gasteiger partial charge in [0.15, 0.2) is 0 Å². The Morgan fingerprint density at radius 3 is 2.52 bits per heavy atom. The molecule has 0 aliphatic rings. The highest BCUT2D eigenvalue weighted by molar-refractivity contribution is 5.56. The van der Waals surface area contributed by atoms with Crippen LogP contribution in [0.2, 0.25) is 0 Å². The molecule has 0 amide bonds. The van der Waals surface area contributed by atoms with E-state index in [-0.39, 0.29) is 0 Å². The van der Waals surface area contributed by atoms with Gasteiger partial charge in [0.1, 0.15) is 5.69 Å². The first-order valence-electron chi connectivity index (χ1n) is 11.0. The SMILES string of the molecule is CCCCN(C)CCCCCCNc1ccc(N=Nc2n(C)cc[n+]2C)c(C)c1. The number of benzene rings is 1. The number of rotatable bonds is 13. The number of imidazole rings is 1. The monoisotopic (exact) mass is 399 g/mol. The lowest BCUT2D eigenvalue weighted by Crippen LogP contribution is -2.25. The van der Waals surface area contributed by atoms with E-state index in [0.29, 0.717) is 0 Å². The van der Waals surface area contributed by atoms with Crippen molar-refractivity contribution in [2.45, 2.75) is 52.4 Å². The molecule has 6 heteroatoms. The largest absolute Gasteiger partial charge is 0.421 e. The Labute approximate surface area is 176 Å². The number of unbranched alkanes of at least 4 members (excludes halogenated alkanes) is 4. The van der Waals surface area contributed by atoms with Crippen LogP contribution in [0, 0.1) is 6.92 Å². The number of aromatic nitrogens is 2.